The summed E-state index contributed by atoms with van der Waals surface area (Å²) >= 11 is 0. The van der Waals surface area contributed by atoms with Gasteiger partial charge in [-0.1, -0.05) is 30.3 Å². The van der Waals surface area contributed by atoms with Crippen molar-refractivity contribution in [1.82, 2.24) is 0 Å². The molecule has 0 unspecified atom stereocenters. The molecule has 0 aliphatic carbocycles. The number of ether oxygens (including phenoxy) is 4. The second-order valence-electron chi connectivity index (χ2n) is 4.49. The molecule has 3 N–H and O–H groups in total. The molecule has 0 atom stereocenters. The van der Waals surface area contributed by atoms with Crippen LogP contribution >= 0.6 is 0 Å². The summed E-state index contributed by atoms with van der Waals surface area (Å²) in [5, 5.41) is 23.5. The Bertz CT molecular complexity index is 343. The van der Waals surface area contributed by atoms with Gasteiger partial charge in [0, 0.05) is 26.9 Å². The summed E-state index contributed by atoms with van der Waals surface area (Å²) < 4.78 is 20.7. The first-order chi connectivity index (χ1) is 11.2. The van der Waals surface area contributed by atoms with E-state index in [0.717, 1.165) is 12.7 Å². The molecule has 0 bridgehead atoms. The lowest BCUT2D eigenvalue weighted by Gasteiger charge is -2.28. The maximum atomic E-state index is 8.24. The summed E-state index contributed by atoms with van der Waals surface area (Å²) in [4.78, 5) is 0. The number of hydrogen-bond donors (Lipinski definition) is 3. The van der Waals surface area contributed by atoms with E-state index in [1.807, 2.05) is 30.3 Å². The van der Waals surface area contributed by atoms with Crippen LogP contribution in [0.25, 0.3) is 0 Å². The Morgan fingerprint density at radius 3 is 1.91 bits per heavy atom. The molecule has 134 valence electrons. The highest BCUT2D eigenvalue weighted by Crippen LogP contribution is 2.22. The van der Waals surface area contributed by atoms with Crippen LogP contribution in [0.1, 0.15) is 11.9 Å². The summed E-state index contributed by atoms with van der Waals surface area (Å²) in [5.41, 5.74) is 1.06. The molecule has 7 heteroatoms. The average Bonchev–Trinajstić information content (AvgIpc) is 2.66. The number of aliphatic hydroxyl groups excluding tert-OH is 3. The number of rotatable bonds is 5. The van der Waals surface area contributed by atoms with E-state index in [-0.39, 0.29) is 25.6 Å². The van der Waals surface area contributed by atoms with Crippen molar-refractivity contribution in [1.29, 1.82) is 0 Å². The Labute approximate surface area is 137 Å². The van der Waals surface area contributed by atoms with Crippen molar-refractivity contribution in [3.63, 3.8) is 0 Å². The quantitative estimate of drug-likeness (QED) is 0.715. The normalized spacial score (nSPS) is 20.1. The van der Waals surface area contributed by atoms with E-state index in [1.54, 1.807) is 7.11 Å². The van der Waals surface area contributed by atoms with Crippen LogP contribution in [0.2, 0.25) is 0 Å². The molecule has 1 aromatic carbocycles. The van der Waals surface area contributed by atoms with Gasteiger partial charge >= 0.3 is 0 Å². The average molecular weight is 332 g/mol. The van der Waals surface area contributed by atoms with Gasteiger partial charge in [0.25, 0.3) is 0 Å². The Balaban J connectivity index is 0.000000460. The van der Waals surface area contributed by atoms with E-state index >= 15 is 0 Å². The van der Waals surface area contributed by atoms with E-state index in [0.29, 0.717) is 13.2 Å². The van der Waals surface area contributed by atoms with Crippen molar-refractivity contribution in [2.24, 2.45) is 0 Å². The fraction of sp³-hybridized carbons (Fsp3) is 0.625. The molecule has 2 rings (SSSR count). The lowest BCUT2D eigenvalue weighted by Crippen LogP contribution is -2.32. The van der Waals surface area contributed by atoms with E-state index < -0.39 is 6.10 Å². The topological polar surface area (TPSA) is 97.6 Å². The van der Waals surface area contributed by atoms with Gasteiger partial charge in [-0.05, 0) is 0 Å². The molecule has 1 saturated heterocycles. The second kappa shape index (κ2) is 14.5. The van der Waals surface area contributed by atoms with Crippen molar-refractivity contribution < 1.29 is 34.3 Å². The Kier molecular flexibility index (Phi) is 13.9. The number of aliphatic hydroxyl groups is 3. The zero-order chi connectivity index (χ0) is 17.5. The fourth-order valence-corrected chi connectivity index (χ4v) is 1.63. The van der Waals surface area contributed by atoms with Crippen LogP contribution in [-0.2, 0) is 18.9 Å². The zero-order valence-corrected chi connectivity index (χ0v) is 13.9. The van der Waals surface area contributed by atoms with Crippen molar-refractivity contribution in [3.8, 4) is 0 Å². The van der Waals surface area contributed by atoms with E-state index in [2.05, 4.69) is 4.74 Å². The minimum absolute atomic E-state index is 0.0648. The minimum atomic E-state index is -0.403. The standard InChI is InChI=1S/C11H14O3.C4H10O3.CH4O/c1-12-10-7-13-11(14-8-10)9-5-3-2-4-6-9;1-7-4(2-5)3-6;1-2/h2-6,10-11H,7-8H2,1H3;4-6H,2-3H2,1H3;2H,1H3. The van der Waals surface area contributed by atoms with Crippen LogP contribution in [0.15, 0.2) is 30.3 Å². The molecule has 1 aliphatic rings. The third-order valence-corrected chi connectivity index (χ3v) is 3.01. The third-order valence-electron chi connectivity index (χ3n) is 3.01. The lowest BCUT2D eigenvalue weighted by molar-refractivity contribution is -0.225. The molecule has 23 heavy (non-hydrogen) atoms. The molecule has 1 aliphatic heterocycles. The predicted octanol–water partition coefficient (Wildman–Crippen LogP) is 0.341. The largest absolute Gasteiger partial charge is 0.400 e. The summed E-state index contributed by atoms with van der Waals surface area (Å²) in [7, 11) is 4.11. The van der Waals surface area contributed by atoms with Crippen molar-refractivity contribution in [2.45, 2.75) is 18.5 Å². The van der Waals surface area contributed by atoms with Gasteiger partial charge in [-0.2, -0.15) is 0 Å². The Hall–Kier alpha value is -1.06. The maximum Gasteiger partial charge on any atom is 0.184 e. The molecule has 0 amide bonds. The molecular weight excluding hydrogens is 304 g/mol. The Morgan fingerprint density at radius 1 is 1.04 bits per heavy atom. The lowest BCUT2D eigenvalue weighted by atomic mass is 10.2. The fourth-order valence-electron chi connectivity index (χ4n) is 1.63. The van der Waals surface area contributed by atoms with Crippen LogP contribution < -0.4 is 0 Å². The van der Waals surface area contributed by atoms with E-state index in [1.165, 1.54) is 7.11 Å². The number of methoxy groups -OCH3 is 2. The molecule has 1 fully saturated rings. The molecule has 1 aromatic rings. The molecular formula is C16H28O7. The van der Waals surface area contributed by atoms with Crippen molar-refractivity contribution in [3.05, 3.63) is 35.9 Å². The predicted molar refractivity (Wildman–Crippen MR) is 85.0 cm³/mol. The SMILES string of the molecule is CO.COC(CO)CO.COC1COC(c2ccccc2)OC1. The highest BCUT2D eigenvalue weighted by molar-refractivity contribution is 5.16. The molecule has 0 radical (unpaired) electrons. The molecule has 0 saturated carbocycles. The number of benzene rings is 1. The van der Waals surface area contributed by atoms with Crippen LogP contribution in [0.3, 0.4) is 0 Å². The van der Waals surface area contributed by atoms with Gasteiger partial charge in [-0.3, -0.25) is 0 Å². The molecule has 1 heterocycles. The highest BCUT2D eigenvalue weighted by Gasteiger charge is 2.22. The van der Waals surface area contributed by atoms with E-state index in [9.17, 15) is 0 Å². The second-order valence-corrected chi connectivity index (χ2v) is 4.49. The minimum Gasteiger partial charge on any atom is -0.400 e. The van der Waals surface area contributed by atoms with Gasteiger partial charge in [-0.25, -0.2) is 0 Å². The highest BCUT2D eigenvalue weighted by atomic mass is 16.7. The number of hydrogen-bond acceptors (Lipinski definition) is 7. The van der Waals surface area contributed by atoms with Crippen LogP contribution in [0.5, 0.6) is 0 Å². The van der Waals surface area contributed by atoms with Gasteiger partial charge in [0.15, 0.2) is 6.29 Å². The summed E-state index contributed by atoms with van der Waals surface area (Å²) in [6, 6.07) is 9.93. The van der Waals surface area contributed by atoms with Gasteiger partial charge in [0.2, 0.25) is 0 Å². The molecule has 7 nitrogen and oxygen atoms in total. The summed E-state index contributed by atoms with van der Waals surface area (Å²) in [6.45, 7) is 0.951. The monoisotopic (exact) mass is 332 g/mol. The smallest absolute Gasteiger partial charge is 0.184 e. The van der Waals surface area contributed by atoms with Crippen LogP contribution in [0.4, 0.5) is 0 Å². The first kappa shape index (κ1) is 21.9. The summed E-state index contributed by atoms with van der Waals surface area (Å²) in [6.07, 6.45) is -0.572. The first-order valence-electron chi connectivity index (χ1n) is 7.25. The Morgan fingerprint density at radius 2 is 1.57 bits per heavy atom. The van der Waals surface area contributed by atoms with Crippen LogP contribution in [-0.4, -0.2) is 75.3 Å². The summed E-state index contributed by atoms with van der Waals surface area (Å²) in [5.74, 6) is 0. The van der Waals surface area contributed by atoms with Gasteiger partial charge in [0.05, 0.1) is 26.4 Å². The van der Waals surface area contributed by atoms with Gasteiger partial charge in [0.1, 0.15) is 12.2 Å². The molecule has 0 spiro atoms. The van der Waals surface area contributed by atoms with Gasteiger partial charge < -0.3 is 34.3 Å². The van der Waals surface area contributed by atoms with Gasteiger partial charge in [-0.15, -0.1) is 0 Å². The van der Waals surface area contributed by atoms with E-state index in [4.69, 9.17) is 29.5 Å². The van der Waals surface area contributed by atoms with Crippen molar-refractivity contribution in [2.75, 3.05) is 47.8 Å². The van der Waals surface area contributed by atoms with Crippen LogP contribution in [0, 0.1) is 0 Å². The first-order valence-corrected chi connectivity index (χ1v) is 7.25. The molecule has 0 aromatic heterocycles. The third kappa shape index (κ3) is 8.97. The zero-order valence-electron chi connectivity index (χ0n) is 13.9. The maximum absolute atomic E-state index is 8.24. The van der Waals surface area contributed by atoms with Crippen molar-refractivity contribution >= 4 is 0 Å².